The molecular formula is C30H31N7O4. The first-order valence-electron chi connectivity index (χ1n) is 13.7. The molecule has 1 saturated heterocycles. The van der Waals surface area contributed by atoms with Gasteiger partial charge in [-0.15, -0.1) is 10.2 Å². The monoisotopic (exact) mass is 553 g/mol. The summed E-state index contributed by atoms with van der Waals surface area (Å²) >= 11 is 0. The first-order valence-corrected chi connectivity index (χ1v) is 13.7. The molecule has 0 radical (unpaired) electrons. The van der Waals surface area contributed by atoms with Gasteiger partial charge in [-0.25, -0.2) is 9.97 Å². The summed E-state index contributed by atoms with van der Waals surface area (Å²) in [5.41, 5.74) is 5.52. The van der Waals surface area contributed by atoms with Crippen LogP contribution in [0.15, 0.2) is 59.4 Å². The molecule has 0 saturated carbocycles. The third-order valence-corrected chi connectivity index (χ3v) is 7.91. The molecule has 0 aliphatic carbocycles. The van der Waals surface area contributed by atoms with E-state index < -0.39 is 11.9 Å². The number of phenolic OH excluding ortho intramolecular Hbond substituents is 1. The number of carbonyl (C=O) groups is 1. The quantitative estimate of drug-likeness (QED) is 0.283. The molecule has 5 aromatic rings. The second-order valence-corrected chi connectivity index (χ2v) is 10.9. The zero-order chi connectivity index (χ0) is 28.7. The van der Waals surface area contributed by atoms with E-state index >= 15 is 0 Å². The molecule has 2 N–H and O–H groups in total. The van der Waals surface area contributed by atoms with Gasteiger partial charge in [-0.3, -0.25) is 4.79 Å². The molecule has 1 aliphatic heterocycles. The molecule has 5 heterocycles. The van der Waals surface area contributed by atoms with E-state index in [9.17, 15) is 15.0 Å². The second kappa shape index (κ2) is 10.6. The number of phenols is 1. The minimum Gasteiger partial charge on any atom is -0.507 e. The number of benzene rings is 1. The number of aliphatic carboxylic acids is 1. The molecule has 11 nitrogen and oxygen atoms in total. The van der Waals surface area contributed by atoms with Crippen molar-refractivity contribution in [2.45, 2.75) is 38.5 Å². The van der Waals surface area contributed by atoms with E-state index in [2.05, 4.69) is 47.9 Å². The Hall–Kier alpha value is -4.80. The maximum Gasteiger partial charge on any atom is 0.314 e. The molecule has 41 heavy (non-hydrogen) atoms. The number of aromatic nitrogens is 6. The van der Waals surface area contributed by atoms with Crippen LogP contribution in [0.4, 0.5) is 5.95 Å². The van der Waals surface area contributed by atoms with Crippen LogP contribution in [-0.4, -0.2) is 59.2 Å². The van der Waals surface area contributed by atoms with E-state index in [1.807, 2.05) is 32.0 Å². The Bertz CT molecular complexity index is 1700. The molecule has 1 unspecified atom stereocenters. The summed E-state index contributed by atoms with van der Waals surface area (Å²) in [5, 5.41) is 32.6. The van der Waals surface area contributed by atoms with Gasteiger partial charge in [0.2, 0.25) is 5.95 Å². The van der Waals surface area contributed by atoms with Crippen LogP contribution in [0.2, 0.25) is 0 Å². The molecule has 1 atom stereocenters. The lowest BCUT2D eigenvalue weighted by Crippen LogP contribution is -2.34. The Labute approximate surface area is 236 Å². The number of nitrogens with zero attached hydrogens (tertiary/aromatic N) is 7. The number of carboxylic acid groups (broad SMARTS) is 1. The molecule has 1 fully saturated rings. The average Bonchev–Trinajstić information content (AvgIpc) is 3.58. The molecule has 210 valence electrons. The number of carboxylic acids is 1. The molecule has 6 rings (SSSR count). The van der Waals surface area contributed by atoms with Gasteiger partial charge in [0.1, 0.15) is 22.9 Å². The zero-order valence-electron chi connectivity index (χ0n) is 23.1. The molecule has 1 aromatic carbocycles. The van der Waals surface area contributed by atoms with Crippen LogP contribution in [0.1, 0.15) is 50.0 Å². The maximum atomic E-state index is 11.6. The van der Waals surface area contributed by atoms with Crippen LogP contribution in [0, 0.1) is 5.92 Å². The highest BCUT2D eigenvalue weighted by Crippen LogP contribution is 2.35. The lowest BCUT2D eigenvalue weighted by molar-refractivity contribution is -0.140. The lowest BCUT2D eigenvalue weighted by atomic mass is 9.93. The van der Waals surface area contributed by atoms with Gasteiger partial charge in [0.15, 0.2) is 5.76 Å². The van der Waals surface area contributed by atoms with Gasteiger partial charge in [-0.2, -0.15) is 0 Å². The van der Waals surface area contributed by atoms with Crippen LogP contribution < -0.4 is 4.90 Å². The maximum absolute atomic E-state index is 11.6. The standard InChI is InChI=1S/C30H31N7O4/c1-17(2)28(29(39)40)27-14-21(35-41-27)19-15-31-30(32-16-19)37-10-8-18(9-11-37)24-13-23-25(36(24)3)12-22(33-34-23)20-6-4-5-7-26(20)38/h4-7,12-18,28,38H,8-11H2,1-3H3,(H,39,40). The van der Waals surface area contributed by atoms with Crippen molar-refractivity contribution in [3.05, 3.63) is 66.3 Å². The Balaban J connectivity index is 1.14. The number of piperidine rings is 1. The number of aromatic hydroxyl groups is 1. The number of rotatable bonds is 7. The normalized spacial score (nSPS) is 15.1. The van der Waals surface area contributed by atoms with Crippen LogP contribution in [0.5, 0.6) is 5.75 Å². The SMILES string of the molecule is CC(C)C(C(=O)O)c1cc(-c2cnc(N3CCC(c4cc5nnc(-c6ccccc6O)cc5n4C)CC3)nc2)no1. The summed E-state index contributed by atoms with van der Waals surface area (Å²) < 4.78 is 7.53. The predicted octanol–water partition coefficient (Wildman–Crippen LogP) is 4.99. The number of aryl methyl sites for hydroxylation is 1. The van der Waals surface area contributed by atoms with Crippen molar-refractivity contribution in [3.8, 4) is 28.3 Å². The van der Waals surface area contributed by atoms with Gasteiger partial charge in [0.05, 0.1) is 11.2 Å². The predicted molar refractivity (Wildman–Crippen MR) is 153 cm³/mol. The Kier molecular flexibility index (Phi) is 6.86. The van der Waals surface area contributed by atoms with Gasteiger partial charge in [-0.1, -0.05) is 31.1 Å². The van der Waals surface area contributed by atoms with E-state index in [1.54, 1.807) is 30.6 Å². The summed E-state index contributed by atoms with van der Waals surface area (Å²) in [6.07, 6.45) is 5.28. The fourth-order valence-electron chi connectivity index (χ4n) is 5.65. The van der Waals surface area contributed by atoms with E-state index in [4.69, 9.17) is 4.52 Å². The van der Waals surface area contributed by atoms with Crippen molar-refractivity contribution in [1.29, 1.82) is 0 Å². The van der Waals surface area contributed by atoms with Crippen LogP contribution >= 0.6 is 0 Å². The van der Waals surface area contributed by atoms with E-state index in [0.717, 1.165) is 37.0 Å². The fourth-order valence-corrected chi connectivity index (χ4v) is 5.65. The molecule has 1 aliphatic rings. The molecule has 0 spiro atoms. The topological polar surface area (TPSA) is 143 Å². The third kappa shape index (κ3) is 4.99. The Morgan fingerprint density at radius 1 is 1.02 bits per heavy atom. The summed E-state index contributed by atoms with van der Waals surface area (Å²) in [5.74, 6) is -0.314. The minimum atomic E-state index is -0.939. The number of hydrogen-bond donors (Lipinski definition) is 2. The summed E-state index contributed by atoms with van der Waals surface area (Å²) in [6.45, 7) is 5.29. The van der Waals surface area contributed by atoms with E-state index in [1.165, 1.54) is 5.69 Å². The zero-order valence-corrected chi connectivity index (χ0v) is 23.1. The van der Waals surface area contributed by atoms with E-state index in [-0.39, 0.29) is 11.7 Å². The largest absolute Gasteiger partial charge is 0.507 e. The number of para-hydroxylation sites is 1. The van der Waals surface area contributed by atoms with Crippen molar-refractivity contribution in [2.24, 2.45) is 13.0 Å². The Morgan fingerprint density at radius 3 is 2.44 bits per heavy atom. The van der Waals surface area contributed by atoms with Gasteiger partial charge in [-0.05, 0) is 43.0 Å². The number of hydrogen-bond acceptors (Lipinski definition) is 9. The molecule has 0 amide bonds. The molecule has 11 heteroatoms. The van der Waals surface area contributed by atoms with Crippen molar-refractivity contribution in [1.82, 2.24) is 29.9 Å². The Morgan fingerprint density at radius 2 is 1.76 bits per heavy atom. The molecular weight excluding hydrogens is 522 g/mol. The van der Waals surface area contributed by atoms with Gasteiger partial charge >= 0.3 is 5.97 Å². The molecule has 0 bridgehead atoms. The fraction of sp³-hybridized carbons (Fsp3) is 0.333. The van der Waals surface area contributed by atoms with Gasteiger partial charge < -0.3 is 24.2 Å². The summed E-state index contributed by atoms with van der Waals surface area (Å²) in [4.78, 5) is 22.9. The minimum absolute atomic E-state index is 0.127. The van der Waals surface area contributed by atoms with Gasteiger partial charge in [0.25, 0.3) is 0 Å². The average molecular weight is 554 g/mol. The number of anilines is 1. The summed E-state index contributed by atoms with van der Waals surface area (Å²) in [7, 11) is 2.05. The number of fused-ring (bicyclic) bond motifs is 1. The first kappa shape index (κ1) is 26.4. The second-order valence-electron chi connectivity index (χ2n) is 10.9. The highest BCUT2D eigenvalue weighted by atomic mass is 16.5. The van der Waals surface area contributed by atoms with Crippen molar-refractivity contribution in [2.75, 3.05) is 18.0 Å². The van der Waals surface area contributed by atoms with Crippen LogP contribution in [-0.2, 0) is 11.8 Å². The summed E-state index contributed by atoms with van der Waals surface area (Å²) in [6, 6.07) is 12.9. The highest BCUT2D eigenvalue weighted by molar-refractivity contribution is 5.82. The van der Waals surface area contributed by atoms with Crippen LogP contribution in [0.25, 0.3) is 33.5 Å². The van der Waals surface area contributed by atoms with E-state index in [0.29, 0.717) is 40.1 Å². The third-order valence-electron chi connectivity index (χ3n) is 7.91. The van der Waals surface area contributed by atoms with Crippen LogP contribution in [0.3, 0.4) is 0 Å². The van der Waals surface area contributed by atoms with Gasteiger partial charge in [0, 0.05) is 61.3 Å². The smallest absolute Gasteiger partial charge is 0.314 e. The van der Waals surface area contributed by atoms with Crippen molar-refractivity contribution >= 4 is 23.0 Å². The lowest BCUT2D eigenvalue weighted by Gasteiger charge is -2.32. The first-order chi connectivity index (χ1) is 19.8. The molecule has 4 aromatic heterocycles. The highest BCUT2D eigenvalue weighted by Gasteiger charge is 2.29. The van der Waals surface area contributed by atoms with Crippen molar-refractivity contribution in [3.63, 3.8) is 0 Å². The van der Waals surface area contributed by atoms with Crippen molar-refractivity contribution < 1.29 is 19.5 Å².